The van der Waals surface area contributed by atoms with Gasteiger partial charge in [0, 0.05) is 32.2 Å². The molecule has 0 spiro atoms. The van der Waals surface area contributed by atoms with Crippen molar-refractivity contribution in [3.8, 4) is 0 Å². The number of nitrogens with zero attached hydrogens (tertiary/aromatic N) is 4. The number of piperazine rings is 1. The van der Waals surface area contributed by atoms with Crippen LogP contribution >= 0.6 is 11.3 Å². The van der Waals surface area contributed by atoms with Gasteiger partial charge in [-0.05, 0) is 30.2 Å². The summed E-state index contributed by atoms with van der Waals surface area (Å²) in [4.78, 5) is 57.1. The van der Waals surface area contributed by atoms with Crippen molar-refractivity contribution in [2.45, 2.75) is 38.6 Å². The Morgan fingerprint density at radius 2 is 1.79 bits per heavy atom. The summed E-state index contributed by atoms with van der Waals surface area (Å²) >= 11 is 1.42. The highest BCUT2D eigenvalue weighted by molar-refractivity contribution is 7.12. The monoisotopic (exact) mass is 418 g/mol. The molecular weight excluding hydrogens is 392 g/mol. The number of hydrogen-bond donors (Lipinski definition) is 0. The number of urea groups is 1. The average Bonchev–Trinajstić information content (AvgIpc) is 3.33. The number of hydrogen-bond acceptors (Lipinski definition) is 6. The van der Waals surface area contributed by atoms with Crippen molar-refractivity contribution in [2.75, 3.05) is 32.8 Å². The lowest BCUT2D eigenvalue weighted by Crippen LogP contribution is -2.53. The van der Waals surface area contributed by atoms with E-state index in [-0.39, 0.29) is 24.5 Å². The van der Waals surface area contributed by atoms with E-state index in [1.165, 1.54) is 16.2 Å². The molecule has 0 aromatic carbocycles. The number of imide groups is 2. The van der Waals surface area contributed by atoms with E-state index in [9.17, 15) is 19.2 Å². The third-order valence-electron chi connectivity index (χ3n) is 6.21. The van der Waals surface area contributed by atoms with Crippen LogP contribution in [-0.4, -0.2) is 82.2 Å². The van der Waals surface area contributed by atoms with Crippen molar-refractivity contribution < 1.29 is 19.2 Å². The molecule has 5 amide bonds. The second-order valence-corrected chi connectivity index (χ2v) is 9.00. The van der Waals surface area contributed by atoms with E-state index in [0.29, 0.717) is 31.1 Å². The quantitative estimate of drug-likeness (QED) is 0.551. The number of carbonyl (C=O) groups excluding carboxylic acids is 4. The number of thiophene rings is 1. The molecular formula is C20H26N4O4S. The zero-order valence-corrected chi connectivity index (χ0v) is 17.4. The summed E-state index contributed by atoms with van der Waals surface area (Å²) in [6, 6.07) is 3.00. The predicted octanol–water partition coefficient (Wildman–Crippen LogP) is 1.83. The van der Waals surface area contributed by atoms with Crippen molar-refractivity contribution >= 4 is 35.1 Å². The summed E-state index contributed by atoms with van der Waals surface area (Å²) in [5.41, 5.74) is 0. The molecule has 2 aliphatic heterocycles. The van der Waals surface area contributed by atoms with E-state index in [2.05, 4.69) is 0 Å². The molecule has 3 aliphatic rings. The van der Waals surface area contributed by atoms with Gasteiger partial charge in [0.05, 0.1) is 11.5 Å². The van der Waals surface area contributed by atoms with Gasteiger partial charge in [0.2, 0.25) is 0 Å². The van der Waals surface area contributed by atoms with Gasteiger partial charge in [-0.15, -0.1) is 11.3 Å². The van der Waals surface area contributed by atoms with Gasteiger partial charge in [0.25, 0.3) is 5.91 Å². The summed E-state index contributed by atoms with van der Waals surface area (Å²) in [6.45, 7) is 4.32. The van der Waals surface area contributed by atoms with Crippen LogP contribution in [0.15, 0.2) is 17.5 Å². The zero-order chi connectivity index (χ0) is 20.5. The molecule has 1 aromatic heterocycles. The van der Waals surface area contributed by atoms with Crippen LogP contribution in [0.2, 0.25) is 0 Å². The fourth-order valence-corrected chi connectivity index (χ4v) is 5.16. The Kier molecular flexibility index (Phi) is 5.69. The zero-order valence-electron chi connectivity index (χ0n) is 16.6. The fourth-order valence-electron chi connectivity index (χ4n) is 4.47. The maximum absolute atomic E-state index is 12.9. The van der Waals surface area contributed by atoms with Gasteiger partial charge in [-0.3, -0.25) is 24.2 Å². The van der Waals surface area contributed by atoms with Crippen LogP contribution in [0.4, 0.5) is 4.79 Å². The molecule has 4 rings (SSSR count). The van der Waals surface area contributed by atoms with Gasteiger partial charge in [-0.1, -0.05) is 25.8 Å². The van der Waals surface area contributed by atoms with Crippen LogP contribution in [0.25, 0.3) is 0 Å². The average molecular weight is 419 g/mol. The van der Waals surface area contributed by atoms with Gasteiger partial charge >= 0.3 is 17.8 Å². The SMILES string of the molecule is C[C@H]1CCCC[C@@H]1N1C(=O)C(=O)N(CN2CCN(C(=O)c3cccs3)CC2)C1=O. The molecule has 0 unspecified atom stereocenters. The summed E-state index contributed by atoms with van der Waals surface area (Å²) < 4.78 is 0. The van der Waals surface area contributed by atoms with Crippen LogP contribution in [-0.2, 0) is 9.59 Å². The molecule has 0 bridgehead atoms. The molecule has 0 N–H and O–H groups in total. The summed E-state index contributed by atoms with van der Waals surface area (Å²) in [6.07, 6.45) is 3.81. The normalized spacial score (nSPS) is 26.5. The molecule has 0 radical (unpaired) electrons. The van der Waals surface area contributed by atoms with Crippen molar-refractivity contribution in [2.24, 2.45) is 5.92 Å². The highest BCUT2D eigenvalue weighted by Crippen LogP contribution is 2.31. The number of amides is 5. The minimum atomic E-state index is -0.732. The van der Waals surface area contributed by atoms with Gasteiger partial charge in [0.1, 0.15) is 0 Å². The molecule has 9 heteroatoms. The molecule has 3 fully saturated rings. The maximum Gasteiger partial charge on any atom is 0.335 e. The van der Waals surface area contributed by atoms with E-state index in [0.717, 1.165) is 30.6 Å². The number of carbonyl (C=O) groups is 4. The van der Waals surface area contributed by atoms with Crippen LogP contribution in [0.3, 0.4) is 0 Å². The summed E-state index contributed by atoms with van der Waals surface area (Å²) in [7, 11) is 0. The molecule has 29 heavy (non-hydrogen) atoms. The van der Waals surface area contributed by atoms with Crippen molar-refractivity contribution in [1.82, 2.24) is 19.6 Å². The van der Waals surface area contributed by atoms with E-state index in [4.69, 9.17) is 0 Å². The Hall–Kier alpha value is -2.26. The van der Waals surface area contributed by atoms with Gasteiger partial charge in [-0.2, -0.15) is 0 Å². The van der Waals surface area contributed by atoms with Crippen molar-refractivity contribution in [3.63, 3.8) is 0 Å². The first-order valence-electron chi connectivity index (χ1n) is 10.2. The Morgan fingerprint density at radius 3 is 2.45 bits per heavy atom. The Labute approximate surface area is 174 Å². The van der Waals surface area contributed by atoms with Crippen LogP contribution in [0, 0.1) is 5.92 Å². The minimum absolute atomic E-state index is 0.0145. The molecule has 156 valence electrons. The molecule has 3 heterocycles. The molecule has 1 aliphatic carbocycles. The second-order valence-electron chi connectivity index (χ2n) is 8.05. The predicted molar refractivity (Wildman–Crippen MR) is 107 cm³/mol. The lowest BCUT2D eigenvalue weighted by molar-refractivity contribution is -0.145. The summed E-state index contributed by atoms with van der Waals surface area (Å²) in [5.74, 6) is -1.19. The smallest absolute Gasteiger partial charge is 0.335 e. The van der Waals surface area contributed by atoms with Crippen LogP contribution in [0.1, 0.15) is 42.3 Å². The standard InChI is InChI=1S/C20H26N4O4S/c1-14-5-2-3-6-15(14)24-19(27)18(26)23(20(24)28)13-21-8-10-22(11-9-21)17(25)16-7-4-12-29-16/h4,7,12,14-15H,2-3,5-6,8-11,13H2,1H3/t14-,15-/m0/s1. The van der Waals surface area contributed by atoms with E-state index < -0.39 is 17.8 Å². The highest BCUT2D eigenvalue weighted by atomic mass is 32.1. The molecule has 2 saturated heterocycles. The van der Waals surface area contributed by atoms with E-state index >= 15 is 0 Å². The minimum Gasteiger partial charge on any atom is -0.335 e. The van der Waals surface area contributed by atoms with Crippen molar-refractivity contribution in [3.05, 3.63) is 22.4 Å². The summed E-state index contributed by atoms with van der Waals surface area (Å²) in [5, 5.41) is 1.88. The topological polar surface area (TPSA) is 81.2 Å². The van der Waals surface area contributed by atoms with Crippen LogP contribution < -0.4 is 0 Å². The van der Waals surface area contributed by atoms with Gasteiger partial charge < -0.3 is 4.90 Å². The second kappa shape index (κ2) is 8.23. The Morgan fingerprint density at radius 1 is 1.07 bits per heavy atom. The van der Waals surface area contributed by atoms with Gasteiger partial charge in [-0.25, -0.2) is 9.69 Å². The lowest BCUT2D eigenvalue weighted by Gasteiger charge is -2.36. The highest BCUT2D eigenvalue weighted by Gasteiger charge is 2.49. The van der Waals surface area contributed by atoms with Crippen LogP contribution in [0.5, 0.6) is 0 Å². The van der Waals surface area contributed by atoms with Crippen molar-refractivity contribution in [1.29, 1.82) is 0 Å². The Bertz CT molecular complexity index is 803. The molecule has 1 aromatic rings. The first-order valence-corrected chi connectivity index (χ1v) is 11.1. The first kappa shape index (κ1) is 20.0. The lowest BCUT2D eigenvalue weighted by atomic mass is 9.85. The first-order chi connectivity index (χ1) is 14.0. The van der Waals surface area contributed by atoms with Gasteiger partial charge in [0.15, 0.2) is 0 Å². The van der Waals surface area contributed by atoms with E-state index in [1.807, 2.05) is 29.3 Å². The molecule has 8 nitrogen and oxygen atoms in total. The third kappa shape index (κ3) is 3.81. The maximum atomic E-state index is 12.9. The van der Waals surface area contributed by atoms with E-state index in [1.54, 1.807) is 4.90 Å². The fraction of sp³-hybridized carbons (Fsp3) is 0.600. The largest absolute Gasteiger partial charge is 0.335 e. The third-order valence-corrected chi connectivity index (χ3v) is 7.07. The molecule has 2 atom stereocenters. The molecule has 1 saturated carbocycles. The Balaban J connectivity index is 1.36. The number of rotatable bonds is 4.